The van der Waals surface area contributed by atoms with E-state index in [0.717, 1.165) is 24.7 Å². The average Bonchev–Trinajstić information content (AvgIpc) is 2.76. The first-order valence-corrected chi connectivity index (χ1v) is 12.6. The van der Waals surface area contributed by atoms with Gasteiger partial charge < -0.3 is 9.47 Å². The highest BCUT2D eigenvalue weighted by molar-refractivity contribution is 14.1. The van der Waals surface area contributed by atoms with Crippen LogP contribution in [0, 0.1) is 3.57 Å². The van der Waals surface area contributed by atoms with Crippen molar-refractivity contribution >= 4 is 73.8 Å². The zero-order valence-corrected chi connectivity index (χ0v) is 22.8. The van der Waals surface area contributed by atoms with E-state index in [0.29, 0.717) is 28.2 Å². The number of nitrogens with one attached hydrogen (secondary N) is 1. The highest BCUT2D eigenvalue weighted by Gasteiger charge is 2.13. The molecule has 3 aromatic rings. The second kappa shape index (κ2) is 12.6. The number of carbonyl (C=O) groups is 1. The van der Waals surface area contributed by atoms with Crippen LogP contribution in [-0.2, 0) is 17.8 Å². The van der Waals surface area contributed by atoms with E-state index in [2.05, 4.69) is 49.0 Å². The minimum atomic E-state index is -0.201. The Bertz CT molecular complexity index is 1160. The van der Waals surface area contributed by atoms with Crippen LogP contribution in [0.3, 0.4) is 0 Å². The van der Waals surface area contributed by atoms with Crippen molar-refractivity contribution in [1.82, 2.24) is 5.43 Å². The molecule has 0 aliphatic carbocycles. The van der Waals surface area contributed by atoms with E-state index in [-0.39, 0.29) is 18.9 Å². The van der Waals surface area contributed by atoms with Crippen molar-refractivity contribution in [2.24, 2.45) is 5.10 Å². The normalized spacial score (nSPS) is 10.9. The van der Waals surface area contributed by atoms with E-state index in [4.69, 9.17) is 32.7 Å². The highest BCUT2D eigenvalue weighted by Crippen LogP contribution is 2.35. The number of rotatable bonds is 9. The number of ether oxygens (including phenoxy) is 2. The van der Waals surface area contributed by atoms with Crippen LogP contribution in [-0.4, -0.2) is 18.7 Å². The first-order chi connectivity index (χ1) is 15.9. The lowest BCUT2D eigenvalue weighted by Crippen LogP contribution is -2.19. The van der Waals surface area contributed by atoms with Crippen LogP contribution in [0.2, 0.25) is 10.0 Å². The van der Waals surface area contributed by atoms with E-state index >= 15 is 0 Å². The molecule has 0 atom stereocenters. The molecule has 0 saturated carbocycles. The van der Waals surface area contributed by atoms with Gasteiger partial charge in [0, 0.05) is 20.1 Å². The molecule has 9 heteroatoms. The number of carbonyl (C=O) groups excluding carboxylic acids is 1. The quantitative estimate of drug-likeness (QED) is 0.152. The molecule has 0 radical (unpaired) electrons. The molecule has 0 spiro atoms. The second-order valence-electron chi connectivity index (χ2n) is 6.88. The third kappa shape index (κ3) is 7.88. The predicted octanol–water partition coefficient (Wildman–Crippen LogP) is 7.03. The summed E-state index contributed by atoms with van der Waals surface area (Å²) in [6.45, 7) is 2.64. The van der Waals surface area contributed by atoms with Crippen molar-refractivity contribution in [3.63, 3.8) is 0 Å². The summed E-state index contributed by atoms with van der Waals surface area (Å²) in [5.41, 5.74) is 5.05. The lowest BCUT2D eigenvalue weighted by atomic mass is 10.1. The number of amides is 1. The molecule has 0 fully saturated rings. The monoisotopic (exact) mass is 660 g/mol. The van der Waals surface area contributed by atoms with E-state index in [1.54, 1.807) is 18.3 Å². The summed E-state index contributed by atoms with van der Waals surface area (Å²) in [6, 6.07) is 16.6. The lowest BCUT2D eigenvalue weighted by Gasteiger charge is -2.15. The highest BCUT2D eigenvalue weighted by atomic mass is 127. The molecule has 1 N–H and O–H groups in total. The van der Waals surface area contributed by atoms with Crippen molar-refractivity contribution in [2.45, 2.75) is 20.0 Å². The number of benzene rings is 3. The molecule has 0 bridgehead atoms. The number of nitrogens with zero attached hydrogens (tertiary/aromatic N) is 1. The van der Waals surface area contributed by atoms with Gasteiger partial charge in [-0.05, 0) is 77.0 Å². The Labute approximate surface area is 224 Å². The molecule has 1 amide bonds. The molecule has 0 saturated heterocycles. The first-order valence-electron chi connectivity index (χ1n) is 9.95. The predicted molar refractivity (Wildman–Crippen MR) is 145 cm³/mol. The molecule has 0 unspecified atom stereocenters. The summed E-state index contributed by atoms with van der Waals surface area (Å²) < 4.78 is 13.6. The lowest BCUT2D eigenvalue weighted by molar-refractivity contribution is -0.120. The molecule has 0 aliphatic heterocycles. The van der Waals surface area contributed by atoms with E-state index in [9.17, 15) is 4.79 Å². The molecule has 3 rings (SSSR count). The fourth-order valence-corrected chi connectivity index (χ4v) is 4.37. The Hall–Kier alpha value is -1.81. The molecule has 0 heterocycles. The molecule has 0 aromatic heterocycles. The van der Waals surface area contributed by atoms with Crippen molar-refractivity contribution in [3.05, 3.63) is 89.4 Å². The Kier molecular flexibility index (Phi) is 9.85. The summed E-state index contributed by atoms with van der Waals surface area (Å²) in [6.07, 6.45) is 1.82. The smallest absolute Gasteiger partial charge is 0.244 e. The van der Waals surface area contributed by atoms with Crippen LogP contribution in [0.4, 0.5) is 0 Å². The van der Waals surface area contributed by atoms with Crippen LogP contribution >= 0.6 is 61.7 Å². The molecule has 172 valence electrons. The fourth-order valence-electron chi connectivity index (χ4n) is 2.86. The van der Waals surface area contributed by atoms with Crippen LogP contribution in [0.5, 0.6) is 11.5 Å². The van der Waals surface area contributed by atoms with Gasteiger partial charge in [-0.25, -0.2) is 5.43 Å². The number of hydrazone groups is 1. The largest absolute Gasteiger partial charge is 0.490 e. The van der Waals surface area contributed by atoms with Crippen molar-refractivity contribution < 1.29 is 14.3 Å². The maximum Gasteiger partial charge on any atom is 0.244 e. The average molecular weight is 662 g/mol. The molecule has 33 heavy (non-hydrogen) atoms. The molecule has 3 aromatic carbocycles. The molecular weight excluding hydrogens is 642 g/mol. The van der Waals surface area contributed by atoms with Crippen LogP contribution in [0.1, 0.15) is 23.6 Å². The number of halogens is 4. The molecular formula is C24H20BrCl2IN2O3. The maximum absolute atomic E-state index is 12.1. The van der Waals surface area contributed by atoms with E-state index in [1.807, 2.05) is 49.4 Å². The summed E-state index contributed by atoms with van der Waals surface area (Å²) in [4.78, 5) is 12.1. The third-order valence-corrected chi connectivity index (χ3v) is 6.32. The standard InChI is InChI=1S/C24H20BrCl2IN2O3/c1-2-32-22-10-16(13-29-30-23(31)11-15-3-6-18(25)7-4-15)9-21(28)24(22)33-14-17-5-8-19(26)12-20(17)27/h3-10,12-13H,2,11,14H2,1H3,(H,30,31)/b29-13+. The number of hydrogen-bond acceptors (Lipinski definition) is 4. The first kappa shape index (κ1) is 25.8. The SMILES string of the molecule is CCOc1cc(/C=N/NC(=O)Cc2ccc(Br)cc2)cc(I)c1OCc1ccc(Cl)cc1Cl. The Morgan fingerprint density at radius 3 is 2.58 bits per heavy atom. The summed E-state index contributed by atoms with van der Waals surface area (Å²) in [7, 11) is 0. The minimum Gasteiger partial charge on any atom is -0.490 e. The van der Waals surface area contributed by atoms with Gasteiger partial charge in [-0.15, -0.1) is 0 Å². The zero-order chi connectivity index (χ0) is 23.8. The van der Waals surface area contributed by atoms with Gasteiger partial charge >= 0.3 is 0 Å². The minimum absolute atomic E-state index is 0.201. The van der Waals surface area contributed by atoms with Crippen molar-refractivity contribution in [1.29, 1.82) is 0 Å². The van der Waals surface area contributed by atoms with Gasteiger partial charge in [-0.1, -0.05) is 57.3 Å². The zero-order valence-electron chi connectivity index (χ0n) is 17.6. The van der Waals surface area contributed by atoms with Gasteiger partial charge in [0.1, 0.15) is 6.61 Å². The Morgan fingerprint density at radius 2 is 1.88 bits per heavy atom. The maximum atomic E-state index is 12.1. The second-order valence-corrected chi connectivity index (χ2v) is 9.81. The topological polar surface area (TPSA) is 59.9 Å². The molecule has 0 aliphatic rings. The van der Waals surface area contributed by atoms with Gasteiger partial charge in [-0.3, -0.25) is 4.79 Å². The fraction of sp³-hybridized carbons (Fsp3) is 0.167. The van der Waals surface area contributed by atoms with Crippen LogP contribution in [0.25, 0.3) is 0 Å². The van der Waals surface area contributed by atoms with Crippen LogP contribution < -0.4 is 14.9 Å². The van der Waals surface area contributed by atoms with E-state index in [1.165, 1.54) is 0 Å². The van der Waals surface area contributed by atoms with Crippen molar-refractivity contribution in [2.75, 3.05) is 6.61 Å². The summed E-state index contributed by atoms with van der Waals surface area (Å²) in [5.74, 6) is 0.991. The van der Waals surface area contributed by atoms with Crippen molar-refractivity contribution in [3.8, 4) is 11.5 Å². The van der Waals surface area contributed by atoms with Gasteiger partial charge in [0.15, 0.2) is 11.5 Å². The van der Waals surface area contributed by atoms with Gasteiger partial charge in [-0.2, -0.15) is 5.10 Å². The molecule has 5 nitrogen and oxygen atoms in total. The number of hydrogen-bond donors (Lipinski definition) is 1. The Morgan fingerprint density at radius 1 is 1.12 bits per heavy atom. The summed E-state index contributed by atoms with van der Waals surface area (Å²) >= 11 is 17.8. The third-order valence-electron chi connectivity index (χ3n) is 4.40. The Balaban J connectivity index is 1.67. The van der Waals surface area contributed by atoms with Gasteiger partial charge in [0.05, 0.1) is 22.8 Å². The van der Waals surface area contributed by atoms with Gasteiger partial charge in [0.2, 0.25) is 5.91 Å². The van der Waals surface area contributed by atoms with Gasteiger partial charge in [0.25, 0.3) is 0 Å². The summed E-state index contributed by atoms with van der Waals surface area (Å²) in [5, 5.41) is 5.19. The van der Waals surface area contributed by atoms with E-state index < -0.39 is 0 Å². The van der Waals surface area contributed by atoms with Crippen LogP contribution in [0.15, 0.2) is 64.2 Å².